The molecule has 3 N–H and O–H groups in total. The second-order valence-corrected chi connectivity index (χ2v) is 4.45. The number of aromatic amines is 1. The molecule has 1 heterocycles. The maximum Gasteiger partial charge on any atom is 0.153 e. The zero-order chi connectivity index (χ0) is 13.9. The van der Waals surface area contributed by atoms with E-state index in [9.17, 15) is 0 Å². The molecule has 0 aliphatic carbocycles. The van der Waals surface area contributed by atoms with Crippen molar-refractivity contribution in [3.8, 4) is 28.1 Å². The molecule has 0 amide bonds. The van der Waals surface area contributed by atoms with Gasteiger partial charge in [-0.3, -0.25) is 5.10 Å². The Morgan fingerprint density at radius 2 is 1.65 bits per heavy atom. The van der Waals surface area contributed by atoms with Gasteiger partial charge in [0.2, 0.25) is 0 Å². The Morgan fingerprint density at radius 3 is 2.30 bits per heavy atom. The minimum absolute atomic E-state index is 0.494. The topological polar surface area (TPSA) is 63.9 Å². The van der Waals surface area contributed by atoms with Crippen LogP contribution in [0.25, 0.3) is 22.4 Å². The largest absolute Gasteiger partial charge is 0.497 e. The Labute approximate surface area is 117 Å². The van der Waals surface area contributed by atoms with Crippen LogP contribution in [0.4, 0.5) is 5.82 Å². The van der Waals surface area contributed by atoms with Crippen LogP contribution in [0.2, 0.25) is 0 Å². The van der Waals surface area contributed by atoms with Gasteiger partial charge < -0.3 is 10.5 Å². The van der Waals surface area contributed by atoms with Gasteiger partial charge in [0.15, 0.2) is 5.82 Å². The number of nitrogens with one attached hydrogen (secondary N) is 1. The maximum atomic E-state index is 6.01. The summed E-state index contributed by atoms with van der Waals surface area (Å²) < 4.78 is 5.18. The van der Waals surface area contributed by atoms with Crippen LogP contribution in [0, 0.1) is 0 Å². The molecule has 0 spiro atoms. The van der Waals surface area contributed by atoms with Crippen LogP contribution < -0.4 is 10.5 Å². The molecule has 20 heavy (non-hydrogen) atoms. The molecule has 0 aliphatic heterocycles. The van der Waals surface area contributed by atoms with Crippen molar-refractivity contribution in [3.63, 3.8) is 0 Å². The summed E-state index contributed by atoms with van der Waals surface area (Å²) in [5.41, 5.74) is 9.92. The third kappa shape index (κ3) is 2.12. The number of hydrogen-bond acceptors (Lipinski definition) is 3. The van der Waals surface area contributed by atoms with Gasteiger partial charge >= 0.3 is 0 Å². The van der Waals surface area contributed by atoms with Crippen molar-refractivity contribution in [3.05, 3.63) is 54.6 Å². The summed E-state index contributed by atoms with van der Waals surface area (Å²) in [6, 6.07) is 17.8. The number of anilines is 1. The minimum atomic E-state index is 0.494. The van der Waals surface area contributed by atoms with Crippen LogP contribution in [-0.4, -0.2) is 17.3 Å². The molecule has 3 rings (SSSR count). The van der Waals surface area contributed by atoms with Crippen LogP contribution in [0.5, 0.6) is 5.75 Å². The number of aromatic nitrogens is 2. The second-order valence-electron chi connectivity index (χ2n) is 4.45. The predicted octanol–water partition coefficient (Wildman–Crippen LogP) is 3.33. The number of nitrogen functional groups attached to an aromatic ring is 1. The Kier molecular flexibility index (Phi) is 3.13. The highest BCUT2D eigenvalue weighted by molar-refractivity contribution is 5.87. The van der Waals surface area contributed by atoms with E-state index in [4.69, 9.17) is 10.5 Å². The molecule has 0 aliphatic rings. The first-order valence-electron chi connectivity index (χ1n) is 6.33. The molecule has 0 saturated heterocycles. The molecule has 3 aromatic rings. The molecule has 0 radical (unpaired) electrons. The van der Waals surface area contributed by atoms with E-state index in [1.54, 1.807) is 7.11 Å². The fourth-order valence-electron chi connectivity index (χ4n) is 2.22. The quantitative estimate of drug-likeness (QED) is 0.763. The molecule has 0 unspecified atom stereocenters. The van der Waals surface area contributed by atoms with Gasteiger partial charge in [-0.2, -0.15) is 5.10 Å². The fourth-order valence-corrected chi connectivity index (χ4v) is 2.22. The van der Waals surface area contributed by atoms with Crippen LogP contribution in [0.1, 0.15) is 0 Å². The fraction of sp³-hybridized carbons (Fsp3) is 0.0625. The van der Waals surface area contributed by atoms with Gasteiger partial charge in [-0.25, -0.2) is 0 Å². The molecule has 0 bridgehead atoms. The molecule has 0 fully saturated rings. The number of nitrogens with zero attached hydrogens (tertiary/aromatic N) is 1. The Balaban J connectivity index is 2.11. The second kappa shape index (κ2) is 5.09. The van der Waals surface area contributed by atoms with Crippen molar-refractivity contribution < 1.29 is 4.74 Å². The van der Waals surface area contributed by atoms with E-state index < -0.39 is 0 Å². The van der Waals surface area contributed by atoms with Gasteiger partial charge in [0.25, 0.3) is 0 Å². The van der Waals surface area contributed by atoms with Crippen LogP contribution in [-0.2, 0) is 0 Å². The van der Waals surface area contributed by atoms with E-state index in [1.165, 1.54) is 0 Å². The summed E-state index contributed by atoms with van der Waals surface area (Å²) in [6.07, 6.45) is 0. The monoisotopic (exact) mass is 265 g/mol. The lowest BCUT2D eigenvalue weighted by molar-refractivity contribution is 0.415. The average Bonchev–Trinajstić information content (AvgIpc) is 2.90. The number of rotatable bonds is 3. The molecule has 4 heteroatoms. The van der Waals surface area contributed by atoms with Crippen molar-refractivity contribution in [2.24, 2.45) is 0 Å². The van der Waals surface area contributed by atoms with Crippen LogP contribution >= 0.6 is 0 Å². The van der Waals surface area contributed by atoms with Crippen molar-refractivity contribution in [2.45, 2.75) is 0 Å². The Morgan fingerprint density at radius 1 is 0.950 bits per heavy atom. The normalized spacial score (nSPS) is 10.4. The molecular weight excluding hydrogens is 250 g/mol. The highest BCUT2D eigenvalue weighted by Crippen LogP contribution is 2.35. The SMILES string of the molecule is COc1ccc(-c2c(N)n[nH]c2-c2ccccc2)cc1. The molecule has 100 valence electrons. The number of nitrogens with two attached hydrogens (primary N) is 1. The number of H-pyrrole nitrogens is 1. The smallest absolute Gasteiger partial charge is 0.153 e. The summed E-state index contributed by atoms with van der Waals surface area (Å²) in [7, 11) is 1.65. The summed E-state index contributed by atoms with van der Waals surface area (Å²) in [4.78, 5) is 0. The highest BCUT2D eigenvalue weighted by Gasteiger charge is 2.14. The first kappa shape index (κ1) is 12.3. The van der Waals surface area contributed by atoms with E-state index in [1.807, 2.05) is 54.6 Å². The van der Waals surface area contributed by atoms with Gasteiger partial charge in [-0.15, -0.1) is 0 Å². The maximum absolute atomic E-state index is 6.01. The summed E-state index contributed by atoms with van der Waals surface area (Å²) in [5.74, 6) is 1.31. The van der Waals surface area contributed by atoms with Crippen LogP contribution in [0.15, 0.2) is 54.6 Å². The van der Waals surface area contributed by atoms with E-state index >= 15 is 0 Å². The van der Waals surface area contributed by atoms with Gasteiger partial charge in [-0.05, 0) is 17.7 Å². The van der Waals surface area contributed by atoms with E-state index in [0.717, 1.165) is 28.1 Å². The number of hydrogen-bond donors (Lipinski definition) is 2. The van der Waals surface area contributed by atoms with Crippen molar-refractivity contribution in [2.75, 3.05) is 12.8 Å². The third-order valence-corrected chi connectivity index (χ3v) is 3.24. The summed E-state index contributed by atoms with van der Waals surface area (Å²) >= 11 is 0. The lowest BCUT2D eigenvalue weighted by Gasteiger charge is -2.06. The molecule has 0 atom stereocenters. The number of ether oxygens (including phenoxy) is 1. The first-order chi connectivity index (χ1) is 9.79. The molecule has 0 saturated carbocycles. The molecule has 2 aromatic carbocycles. The van der Waals surface area contributed by atoms with Gasteiger partial charge in [0.1, 0.15) is 5.75 Å². The lowest BCUT2D eigenvalue weighted by Crippen LogP contribution is -1.89. The minimum Gasteiger partial charge on any atom is -0.497 e. The zero-order valence-electron chi connectivity index (χ0n) is 11.1. The summed E-state index contributed by atoms with van der Waals surface area (Å²) in [6.45, 7) is 0. The summed E-state index contributed by atoms with van der Waals surface area (Å²) in [5, 5.41) is 7.14. The first-order valence-corrected chi connectivity index (χ1v) is 6.33. The Bertz CT molecular complexity index is 702. The third-order valence-electron chi connectivity index (χ3n) is 3.24. The van der Waals surface area contributed by atoms with Crippen molar-refractivity contribution in [1.29, 1.82) is 0 Å². The van der Waals surface area contributed by atoms with Crippen LogP contribution in [0.3, 0.4) is 0 Å². The predicted molar refractivity (Wildman–Crippen MR) is 80.4 cm³/mol. The van der Waals surface area contributed by atoms with Gasteiger partial charge in [0, 0.05) is 5.56 Å². The van der Waals surface area contributed by atoms with Gasteiger partial charge in [0.05, 0.1) is 18.4 Å². The van der Waals surface area contributed by atoms with E-state index in [2.05, 4.69) is 10.2 Å². The highest BCUT2D eigenvalue weighted by atomic mass is 16.5. The zero-order valence-corrected chi connectivity index (χ0v) is 11.1. The molecule has 4 nitrogen and oxygen atoms in total. The van der Waals surface area contributed by atoms with E-state index in [0.29, 0.717) is 5.82 Å². The molecule has 1 aromatic heterocycles. The number of methoxy groups -OCH3 is 1. The lowest BCUT2D eigenvalue weighted by atomic mass is 10.0. The van der Waals surface area contributed by atoms with Crippen molar-refractivity contribution in [1.82, 2.24) is 10.2 Å². The van der Waals surface area contributed by atoms with E-state index in [-0.39, 0.29) is 0 Å². The van der Waals surface area contributed by atoms with Gasteiger partial charge in [-0.1, -0.05) is 42.5 Å². The standard InChI is InChI=1S/C16H15N3O/c1-20-13-9-7-11(8-10-13)14-15(18-19-16(14)17)12-5-3-2-4-6-12/h2-10H,1H3,(H3,17,18,19). The average molecular weight is 265 g/mol. The number of benzene rings is 2. The Hall–Kier alpha value is -2.75. The van der Waals surface area contributed by atoms with Crippen molar-refractivity contribution >= 4 is 5.82 Å². The molecular formula is C16H15N3O.